The number of carbonyl (C=O) groups excluding carboxylic acids is 1. The van der Waals surface area contributed by atoms with Crippen LogP contribution in [0.4, 0.5) is 0 Å². The first kappa shape index (κ1) is 20.7. The highest BCUT2D eigenvalue weighted by molar-refractivity contribution is 6.31. The van der Waals surface area contributed by atoms with Gasteiger partial charge in [-0.05, 0) is 74.7 Å². The van der Waals surface area contributed by atoms with Crippen LogP contribution < -0.4 is 10.1 Å². The first-order valence-electron chi connectivity index (χ1n) is 9.96. The maximum atomic E-state index is 12.4. The molecule has 0 unspecified atom stereocenters. The number of aryl methyl sites for hydroxylation is 2. The second-order valence-corrected chi connectivity index (χ2v) is 8.01. The molecule has 0 atom stereocenters. The number of piperidine rings is 1. The predicted molar refractivity (Wildman–Crippen MR) is 114 cm³/mol. The number of ether oxygens (including phenoxy) is 1. The summed E-state index contributed by atoms with van der Waals surface area (Å²) in [5.74, 6) is 1.09. The molecule has 0 saturated carbocycles. The van der Waals surface area contributed by atoms with Gasteiger partial charge in [-0.3, -0.25) is 9.69 Å². The molecule has 1 saturated heterocycles. The van der Waals surface area contributed by atoms with E-state index in [0.717, 1.165) is 48.8 Å². The number of nitrogens with one attached hydrogen (secondary N) is 1. The van der Waals surface area contributed by atoms with Crippen molar-refractivity contribution < 1.29 is 9.53 Å². The van der Waals surface area contributed by atoms with Crippen molar-refractivity contribution in [1.29, 1.82) is 0 Å². The van der Waals surface area contributed by atoms with Crippen LogP contribution in [0, 0.1) is 19.8 Å². The summed E-state index contributed by atoms with van der Waals surface area (Å²) in [7, 11) is 0. The van der Waals surface area contributed by atoms with Crippen LogP contribution >= 0.6 is 11.6 Å². The van der Waals surface area contributed by atoms with E-state index in [9.17, 15) is 4.79 Å². The monoisotopic (exact) mass is 400 g/mol. The minimum absolute atomic E-state index is 0.0868. The third-order valence-electron chi connectivity index (χ3n) is 5.18. The summed E-state index contributed by atoms with van der Waals surface area (Å²) < 4.78 is 5.76. The molecule has 0 aromatic heterocycles. The van der Waals surface area contributed by atoms with Crippen LogP contribution in [0.3, 0.4) is 0 Å². The zero-order valence-corrected chi connectivity index (χ0v) is 17.5. The fraction of sp³-hybridized carbons (Fsp3) is 0.435. The van der Waals surface area contributed by atoms with E-state index in [0.29, 0.717) is 13.2 Å². The Morgan fingerprint density at radius 1 is 1.14 bits per heavy atom. The second kappa shape index (κ2) is 9.94. The van der Waals surface area contributed by atoms with Gasteiger partial charge in [-0.1, -0.05) is 35.9 Å². The zero-order valence-electron chi connectivity index (χ0n) is 16.7. The van der Waals surface area contributed by atoms with Crippen LogP contribution in [0.2, 0.25) is 5.02 Å². The molecule has 3 rings (SSSR count). The van der Waals surface area contributed by atoms with E-state index in [1.165, 1.54) is 11.1 Å². The predicted octanol–water partition coefficient (Wildman–Crippen LogP) is 4.36. The van der Waals surface area contributed by atoms with Crippen molar-refractivity contribution in [1.82, 2.24) is 10.2 Å². The van der Waals surface area contributed by atoms with E-state index in [1.807, 2.05) is 30.3 Å². The molecule has 4 nitrogen and oxygen atoms in total. The van der Waals surface area contributed by atoms with Gasteiger partial charge in [0.2, 0.25) is 5.91 Å². The minimum Gasteiger partial charge on any atom is -0.492 e. The molecule has 1 heterocycles. The fourth-order valence-electron chi connectivity index (χ4n) is 3.72. The van der Waals surface area contributed by atoms with Crippen molar-refractivity contribution in [2.75, 3.05) is 26.2 Å². The average molecular weight is 401 g/mol. The summed E-state index contributed by atoms with van der Waals surface area (Å²) in [4.78, 5) is 14.8. The molecule has 150 valence electrons. The molecule has 0 bridgehead atoms. The maximum absolute atomic E-state index is 12.4. The Balaban J connectivity index is 1.36. The molecule has 1 amide bonds. The lowest BCUT2D eigenvalue weighted by Gasteiger charge is -2.31. The van der Waals surface area contributed by atoms with Crippen molar-refractivity contribution in [3.8, 4) is 5.75 Å². The third kappa shape index (κ3) is 5.98. The highest BCUT2D eigenvalue weighted by Crippen LogP contribution is 2.22. The molecule has 1 fully saturated rings. The summed E-state index contributed by atoms with van der Waals surface area (Å²) in [6.07, 6.45) is 1.77. The number of rotatable bonds is 7. The van der Waals surface area contributed by atoms with Gasteiger partial charge in [0.15, 0.2) is 0 Å². The van der Waals surface area contributed by atoms with Crippen molar-refractivity contribution in [3.63, 3.8) is 0 Å². The number of likely N-dealkylation sites (tertiary alicyclic amines) is 1. The van der Waals surface area contributed by atoms with E-state index in [4.69, 9.17) is 16.3 Å². The lowest BCUT2D eigenvalue weighted by atomic mass is 9.95. The van der Waals surface area contributed by atoms with Gasteiger partial charge < -0.3 is 10.1 Å². The van der Waals surface area contributed by atoms with Crippen LogP contribution in [0.5, 0.6) is 5.75 Å². The van der Waals surface area contributed by atoms with E-state index >= 15 is 0 Å². The Hall–Kier alpha value is -2.04. The Morgan fingerprint density at radius 3 is 2.50 bits per heavy atom. The van der Waals surface area contributed by atoms with Crippen molar-refractivity contribution >= 4 is 17.5 Å². The second-order valence-electron chi connectivity index (χ2n) is 7.60. The number of hydrogen-bond acceptors (Lipinski definition) is 3. The largest absolute Gasteiger partial charge is 0.492 e. The van der Waals surface area contributed by atoms with Gasteiger partial charge >= 0.3 is 0 Å². The molecule has 1 aliphatic heterocycles. The summed E-state index contributed by atoms with van der Waals surface area (Å²) in [5.41, 5.74) is 3.51. The van der Waals surface area contributed by atoms with E-state index < -0.39 is 0 Å². The topological polar surface area (TPSA) is 41.6 Å². The summed E-state index contributed by atoms with van der Waals surface area (Å²) in [6.45, 7) is 7.81. The van der Waals surface area contributed by atoms with E-state index in [1.54, 1.807) is 0 Å². The lowest BCUT2D eigenvalue weighted by molar-refractivity contribution is -0.126. The maximum Gasteiger partial charge on any atom is 0.223 e. The Bertz CT molecular complexity index is 781. The first-order chi connectivity index (χ1) is 13.5. The number of amides is 1. The fourth-order valence-corrected chi connectivity index (χ4v) is 3.92. The molecule has 0 aliphatic carbocycles. The normalized spacial score (nSPS) is 15.4. The molecule has 5 heteroatoms. The molecule has 1 aliphatic rings. The van der Waals surface area contributed by atoms with Crippen LogP contribution in [-0.4, -0.2) is 37.0 Å². The number of nitrogens with zero attached hydrogens (tertiary/aromatic N) is 1. The highest BCUT2D eigenvalue weighted by atomic mass is 35.5. The summed E-state index contributed by atoms with van der Waals surface area (Å²) >= 11 is 6.25. The van der Waals surface area contributed by atoms with Gasteiger partial charge in [0.05, 0.1) is 6.54 Å². The van der Waals surface area contributed by atoms with Crippen molar-refractivity contribution in [2.45, 2.75) is 33.2 Å². The molecule has 2 aromatic carbocycles. The molecule has 0 spiro atoms. The number of hydrogen-bond donors (Lipinski definition) is 1. The highest BCUT2D eigenvalue weighted by Gasteiger charge is 2.24. The van der Waals surface area contributed by atoms with Crippen LogP contribution in [0.1, 0.15) is 29.5 Å². The number of carbonyl (C=O) groups is 1. The van der Waals surface area contributed by atoms with Crippen LogP contribution in [-0.2, 0) is 11.3 Å². The quantitative estimate of drug-likeness (QED) is 0.702. The summed E-state index contributed by atoms with van der Waals surface area (Å²) in [5, 5.41) is 3.83. The number of benzene rings is 2. The van der Waals surface area contributed by atoms with E-state index in [-0.39, 0.29) is 11.8 Å². The minimum atomic E-state index is 0.0868. The van der Waals surface area contributed by atoms with Crippen LogP contribution in [0.15, 0.2) is 42.5 Å². The smallest absolute Gasteiger partial charge is 0.223 e. The van der Waals surface area contributed by atoms with Gasteiger partial charge in [-0.15, -0.1) is 0 Å². The van der Waals surface area contributed by atoms with Crippen LogP contribution in [0.25, 0.3) is 0 Å². The Labute approximate surface area is 172 Å². The number of halogens is 1. The molecule has 28 heavy (non-hydrogen) atoms. The average Bonchev–Trinajstić information content (AvgIpc) is 2.67. The van der Waals surface area contributed by atoms with Gasteiger partial charge in [0, 0.05) is 17.5 Å². The Morgan fingerprint density at radius 2 is 1.82 bits per heavy atom. The van der Waals surface area contributed by atoms with Gasteiger partial charge in [0.1, 0.15) is 12.4 Å². The Kier molecular flexibility index (Phi) is 7.35. The molecular formula is C23H29ClN2O2. The third-order valence-corrected chi connectivity index (χ3v) is 5.54. The standard InChI is InChI=1S/C23H29ClN2O2/c1-17-13-18(2)15-21(14-17)28-12-9-25-23(27)19-7-10-26(11-8-19)16-20-5-3-4-6-22(20)24/h3-6,13-15,19H,7-12,16H2,1-2H3,(H,25,27). The van der Waals surface area contributed by atoms with Gasteiger partial charge in [-0.2, -0.15) is 0 Å². The molecular weight excluding hydrogens is 372 g/mol. The summed E-state index contributed by atoms with van der Waals surface area (Å²) in [6, 6.07) is 14.1. The molecule has 2 aromatic rings. The first-order valence-corrected chi connectivity index (χ1v) is 10.3. The van der Waals surface area contributed by atoms with Gasteiger partial charge in [0.25, 0.3) is 0 Å². The SMILES string of the molecule is Cc1cc(C)cc(OCCNC(=O)C2CCN(Cc3ccccc3Cl)CC2)c1. The van der Waals surface area contributed by atoms with Crippen molar-refractivity contribution in [2.24, 2.45) is 5.92 Å². The van der Waals surface area contributed by atoms with Crippen molar-refractivity contribution in [3.05, 3.63) is 64.2 Å². The molecule has 1 N–H and O–H groups in total. The van der Waals surface area contributed by atoms with Gasteiger partial charge in [-0.25, -0.2) is 0 Å². The van der Waals surface area contributed by atoms with E-state index in [2.05, 4.69) is 36.2 Å². The molecule has 0 radical (unpaired) electrons. The lowest BCUT2D eigenvalue weighted by Crippen LogP contribution is -2.41. The zero-order chi connectivity index (χ0) is 19.9.